The fourth-order valence-corrected chi connectivity index (χ4v) is 6.86. The number of fused-ring (bicyclic) bond motifs is 1. The van der Waals surface area contributed by atoms with Crippen molar-refractivity contribution in [3.8, 4) is 11.5 Å². The van der Waals surface area contributed by atoms with Crippen LogP contribution in [0, 0.1) is 0 Å². The van der Waals surface area contributed by atoms with E-state index in [1.54, 1.807) is 6.07 Å². The third-order valence-corrected chi connectivity index (χ3v) is 9.74. The van der Waals surface area contributed by atoms with Gasteiger partial charge in [0.05, 0.1) is 18.2 Å². The summed E-state index contributed by atoms with van der Waals surface area (Å²) in [5.41, 5.74) is 1.21. The highest BCUT2D eigenvalue weighted by Gasteiger charge is 2.26. The van der Waals surface area contributed by atoms with E-state index in [0.29, 0.717) is 6.61 Å². The van der Waals surface area contributed by atoms with Gasteiger partial charge < -0.3 is 15.2 Å². The fourth-order valence-electron chi connectivity index (χ4n) is 6.16. The number of hydrogen-bond donors (Lipinski definition) is 2. The van der Waals surface area contributed by atoms with Gasteiger partial charge >= 0.3 is 10.2 Å². The minimum Gasteiger partial charge on any atom is -0.506 e. The molecule has 4 aromatic carbocycles. The Hall–Kier alpha value is -3.91. The number of rotatable bonds is 21. The minimum atomic E-state index is -5.17. The molecule has 1 atom stereocenters. The maximum atomic E-state index is 14.3. The SMILES string of the molecule is CCCCCCCCCCCCCCCCOc1ccc(C(NC(=O)c2cc(S(=O)(=O)F)c3ccccc3c2O)c2ccccc2)cc1. The van der Waals surface area contributed by atoms with Crippen molar-refractivity contribution in [2.45, 2.75) is 108 Å². The quantitative estimate of drug-likeness (QED) is 0.0677. The van der Waals surface area contributed by atoms with Gasteiger partial charge in [0.15, 0.2) is 0 Å². The molecule has 6 nitrogen and oxygen atoms in total. The number of carbonyl (C=O) groups is 1. The van der Waals surface area contributed by atoms with Gasteiger partial charge in [-0.3, -0.25) is 4.79 Å². The molecule has 0 saturated carbocycles. The smallest absolute Gasteiger partial charge is 0.332 e. The third kappa shape index (κ3) is 11.1. The Morgan fingerprint density at radius 3 is 1.77 bits per heavy atom. The lowest BCUT2D eigenvalue weighted by atomic mass is 9.97. The van der Waals surface area contributed by atoms with E-state index in [-0.39, 0.29) is 16.3 Å². The molecule has 0 aromatic heterocycles. The third-order valence-electron chi connectivity index (χ3n) is 8.87. The number of phenolic OH excluding ortho intramolecular Hbond substituents is 1. The van der Waals surface area contributed by atoms with E-state index in [2.05, 4.69) is 12.2 Å². The number of amides is 1. The molecule has 0 aliphatic carbocycles. The minimum absolute atomic E-state index is 0.00154. The summed E-state index contributed by atoms with van der Waals surface area (Å²) in [6.07, 6.45) is 18.3. The number of phenols is 1. The maximum Gasteiger partial charge on any atom is 0.332 e. The van der Waals surface area contributed by atoms with Crippen molar-refractivity contribution < 1.29 is 26.9 Å². The second-order valence-electron chi connectivity index (χ2n) is 12.6. The maximum absolute atomic E-state index is 14.3. The molecule has 2 N–H and O–H groups in total. The molecule has 8 heteroatoms. The van der Waals surface area contributed by atoms with Crippen LogP contribution in [0.2, 0.25) is 0 Å². The molecule has 1 unspecified atom stereocenters. The van der Waals surface area contributed by atoms with Crippen molar-refractivity contribution in [1.82, 2.24) is 5.32 Å². The largest absolute Gasteiger partial charge is 0.506 e. The first-order valence-electron chi connectivity index (χ1n) is 17.6. The lowest BCUT2D eigenvalue weighted by Gasteiger charge is -2.21. The number of nitrogens with one attached hydrogen (secondary N) is 1. The predicted molar refractivity (Wildman–Crippen MR) is 192 cm³/mol. The summed E-state index contributed by atoms with van der Waals surface area (Å²) in [5.74, 6) is -0.429. The molecule has 0 fully saturated rings. The van der Waals surface area contributed by atoms with Crippen LogP contribution in [0.1, 0.15) is 124 Å². The van der Waals surface area contributed by atoms with Gasteiger partial charge in [-0.25, -0.2) is 0 Å². The van der Waals surface area contributed by atoms with Crippen LogP contribution in [-0.4, -0.2) is 26.0 Å². The molecule has 4 aromatic rings. The van der Waals surface area contributed by atoms with Crippen molar-refractivity contribution in [2.75, 3.05) is 6.61 Å². The van der Waals surface area contributed by atoms with E-state index < -0.39 is 32.8 Å². The molecule has 0 aliphatic heterocycles. The van der Waals surface area contributed by atoms with Crippen LogP contribution in [0.5, 0.6) is 11.5 Å². The van der Waals surface area contributed by atoms with Crippen molar-refractivity contribution in [1.29, 1.82) is 0 Å². The van der Waals surface area contributed by atoms with Gasteiger partial charge in [0.2, 0.25) is 0 Å². The summed E-state index contributed by atoms with van der Waals surface area (Å²) in [6, 6.07) is 23.0. The summed E-state index contributed by atoms with van der Waals surface area (Å²) in [7, 11) is -5.17. The van der Waals surface area contributed by atoms with E-state index in [0.717, 1.165) is 35.8 Å². The van der Waals surface area contributed by atoms with Gasteiger partial charge in [-0.2, -0.15) is 8.42 Å². The average Bonchev–Trinajstić information content (AvgIpc) is 3.09. The highest BCUT2D eigenvalue weighted by atomic mass is 32.3. The van der Waals surface area contributed by atoms with Gasteiger partial charge in [0.1, 0.15) is 16.4 Å². The van der Waals surface area contributed by atoms with Crippen molar-refractivity contribution in [2.24, 2.45) is 0 Å². The molecule has 0 aliphatic rings. The molecular weight excluding hydrogens is 626 g/mol. The van der Waals surface area contributed by atoms with E-state index >= 15 is 0 Å². The molecule has 0 saturated heterocycles. The number of halogens is 1. The topological polar surface area (TPSA) is 92.7 Å². The van der Waals surface area contributed by atoms with Crippen LogP contribution in [0.15, 0.2) is 89.8 Å². The summed E-state index contributed by atoms with van der Waals surface area (Å²) >= 11 is 0. The second kappa shape index (κ2) is 19.2. The van der Waals surface area contributed by atoms with Crippen LogP contribution in [0.4, 0.5) is 3.89 Å². The Bertz CT molecular complexity index is 1680. The zero-order valence-corrected chi connectivity index (χ0v) is 28.9. The Labute approximate surface area is 286 Å². The Morgan fingerprint density at radius 1 is 0.708 bits per heavy atom. The van der Waals surface area contributed by atoms with Crippen LogP contribution in [0.3, 0.4) is 0 Å². The molecule has 0 bridgehead atoms. The van der Waals surface area contributed by atoms with E-state index in [9.17, 15) is 22.2 Å². The van der Waals surface area contributed by atoms with Gasteiger partial charge in [0.25, 0.3) is 5.91 Å². The molecule has 0 spiro atoms. The van der Waals surface area contributed by atoms with E-state index in [4.69, 9.17) is 4.74 Å². The Kier molecular flexibility index (Phi) is 14.8. The Balaban J connectivity index is 1.29. The van der Waals surface area contributed by atoms with Crippen molar-refractivity contribution in [3.05, 3.63) is 102 Å². The van der Waals surface area contributed by atoms with Crippen LogP contribution in [0.25, 0.3) is 10.8 Å². The molecule has 258 valence electrons. The number of carbonyl (C=O) groups excluding carboxylic acids is 1. The lowest BCUT2D eigenvalue weighted by Crippen LogP contribution is -2.29. The number of unbranched alkanes of at least 4 members (excludes halogenated alkanes) is 13. The first kappa shape index (κ1) is 36.9. The predicted octanol–water partition coefficient (Wildman–Crippen LogP) is 10.6. The van der Waals surface area contributed by atoms with Crippen LogP contribution >= 0.6 is 0 Å². The van der Waals surface area contributed by atoms with E-state index in [1.165, 1.54) is 95.2 Å². The van der Waals surface area contributed by atoms with Gasteiger partial charge in [-0.05, 0) is 35.7 Å². The Morgan fingerprint density at radius 2 is 1.21 bits per heavy atom. The standard InChI is InChI=1S/C40H50FNO5S/c1-2-3-4-5-6-7-8-9-10-11-12-13-14-20-29-47-33-27-25-32(26-28-33)38(31-21-16-15-17-22-31)42-40(44)36-30-37(48(41,45)46)34-23-18-19-24-35(34)39(36)43/h15-19,21-28,30,38,43H,2-14,20,29H2,1H3,(H,42,44). The van der Waals surface area contributed by atoms with Crippen molar-refractivity contribution in [3.63, 3.8) is 0 Å². The average molecular weight is 676 g/mol. The number of ether oxygens (including phenoxy) is 1. The van der Waals surface area contributed by atoms with Crippen molar-refractivity contribution >= 4 is 26.9 Å². The van der Waals surface area contributed by atoms with E-state index in [1.807, 2.05) is 54.6 Å². The lowest BCUT2D eigenvalue weighted by molar-refractivity contribution is 0.0940. The van der Waals surface area contributed by atoms with Gasteiger partial charge in [-0.1, -0.05) is 157 Å². The molecule has 1 amide bonds. The molecular formula is C40H50FNO5S. The molecule has 4 rings (SSSR count). The van der Waals surface area contributed by atoms with Gasteiger partial charge in [-0.15, -0.1) is 3.89 Å². The van der Waals surface area contributed by atoms with Gasteiger partial charge in [0, 0.05) is 10.8 Å². The van der Waals surface area contributed by atoms with Crippen LogP contribution in [-0.2, 0) is 10.2 Å². The number of hydrogen-bond acceptors (Lipinski definition) is 5. The monoisotopic (exact) mass is 675 g/mol. The zero-order valence-electron chi connectivity index (χ0n) is 28.1. The first-order valence-corrected chi connectivity index (χ1v) is 19.0. The molecule has 0 radical (unpaired) electrons. The molecule has 0 heterocycles. The van der Waals surface area contributed by atoms with Crippen LogP contribution < -0.4 is 10.1 Å². The summed E-state index contributed by atoms with van der Waals surface area (Å²) < 4.78 is 44.2. The number of benzene rings is 4. The second-order valence-corrected chi connectivity index (χ2v) is 13.9. The summed E-state index contributed by atoms with van der Waals surface area (Å²) in [4.78, 5) is 12.9. The normalized spacial score (nSPS) is 12.2. The highest BCUT2D eigenvalue weighted by molar-refractivity contribution is 7.86. The zero-order chi connectivity index (χ0) is 34.2. The summed E-state index contributed by atoms with van der Waals surface area (Å²) in [6.45, 7) is 2.90. The summed E-state index contributed by atoms with van der Waals surface area (Å²) in [5, 5.41) is 13.9. The molecule has 48 heavy (non-hydrogen) atoms. The highest BCUT2D eigenvalue weighted by Crippen LogP contribution is 2.35. The number of aromatic hydroxyl groups is 1. The fraction of sp³-hybridized carbons (Fsp3) is 0.425. The first-order chi connectivity index (χ1) is 23.3.